The first-order chi connectivity index (χ1) is 37.0. The topological polar surface area (TPSA) is 78.9 Å². The summed E-state index contributed by atoms with van der Waals surface area (Å²) >= 11 is 0. The van der Waals surface area contributed by atoms with E-state index in [4.69, 9.17) is 14.2 Å². The van der Waals surface area contributed by atoms with E-state index < -0.39 is 6.10 Å². The average Bonchev–Trinajstić information content (AvgIpc) is 3.41. The lowest BCUT2D eigenvalue weighted by Crippen LogP contribution is -2.30. The predicted molar refractivity (Wildman–Crippen MR) is 325 cm³/mol. The Balaban J connectivity index is 4.44. The standard InChI is InChI=1S/C69H120O6/c1-4-7-10-13-16-19-22-25-28-31-34-35-36-39-41-44-47-50-53-56-59-62-68(71)74-65-66(75-69(72)63-60-57-54-51-48-45-42-38-33-30-27-24-21-18-15-12-9-6-3)64-73-67(70)61-58-55-52-49-46-43-40-37-32-29-26-23-20-17-14-11-8-5-2/h7,10,16,19,25,28,30,33-35,39,41,47,50,66H,4-6,8-9,11-15,17-18,20-24,26-27,29,31-32,36-38,40,42-46,48-49,51-65H2,1-3H3/b10-7-,19-16-,28-25-,33-30-,35-34-,41-39-,50-47-. The van der Waals surface area contributed by atoms with E-state index in [1.54, 1.807) is 0 Å². The van der Waals surface area contributed by atoms with E-state index in [0.717, 1.165) is 96.3 Å². The molecule has 0 rings (SSSR count). The molecule has 0 aromatic carbocycles. The third kappa shape index (κ3) is 61.3. The van der Waals surface area contributed by atoms with Gasteiger partial charge in [0.2, 0.25) is 0 Å². The summed E-state index contributed by atoms with van der Waals surface area (Å²) < 4.78 is 16.9. The molecule has 6 heteroatoms. The minimum absolute atomic E-state index is 0.0894. The number of unbranched alkanes of at least 4 members (excludes halogenated alkanes) is 33. The Hall–Kier alpha value is -3.41. The Bertz CT molecular complexity index is 1430. The summed E-state index contributed by atoms with van der Waals surface area (Å²) in [5.74, 6) is -0.925. The molecule has 0 saturated carbocycles. The minimum Gasteiger partial charge on any atom is -0.462 e. The molecule has 6 nitrogen and oxygen atoms in total. The van der Waals surface area contributed by atoms with E-state index in [0.29, 0.717) is 19.3 Å². The van der Waals surface area contributed by atoms with Gasteiger partial charge in [0.15, 0.2) is 6.10 Å². The Labute approximate surface area is 465 Å². The van der Waals surface area contributed by atoms with E-state index >= 15 is 0 Å². The van der Waals surface area contributed by atoms with Crippen LogP contribution in [0.1, 0.15) is 316 Å². The van der Waals surface area contributed by atoms with Crippen LogP contribution >= 0.6 is 0 Å². The van der Waals surface area contributed by atoms with Gasteiger partial charge in [0.1, 0.15) is 13.2 Å². The largest absolute Gasteiger partial charge is 0.462 e. The first kappa shape index (κ1) is 71.6. The molecule has 0 aromatic heterocycles. The maximum atomic E-state index is 12.9. The van der Waals surface area contributed by atoms with Crippen molar-refractivity contribution in [3.63, 3.8) is 0 Å². The Morgan fingerprint density at radius 3 is 0.853 bits per heavy atom. The van der Waals surface area contributed by atoms with E-state index in [2.05, 4.69) is 106 Å². The number of rotatable bonds is 58. The maximum Gasteiger partial charge on any atom is 0.306 e. The van der Waals surface area contributed by atoms with Crippen LogP contribution in [-0.4, -0.2) is 37.2 Å². The highest BCUT2D eigenvalue weighted by Gasteiger charge is 2.19. The normalized spacial score (nSPS) is 12.6. The van der Waals surface area contributed by atoms with Gasteiger partial charge >= 0.3 is 17.9 Å². The number of esters is 3. The fraction of sp³-hybridized carbons (Fsp3) is 0.754. The van der Waals surface area contributed by atoms with Gasteiger partial charge in [0, 0.05) is 19.3 Å². The average molecular weight is 1050 g/mol. The van der Waals surface area contributed by atoms with Crippen LogP contribution in [0.25, 0.3) is 0 Å². The molecule has 0 fully saturated rings. The Morgan fingerprint density at radius 1 is 0.280 bits per heavy atom. The van der Waals surface area contributed by atoms with Crippen LogP contribution in [-0.2, 0) is 28.6 Å². The molecular weight excluding hydrogens is 925 g/mol. The molecule has 0 aliphatic heterocycles. The minimum atomic E-state index is -0.797. The van der Waals surface area contributed by atoms with Crippen molar-refractivity contribution in [2.75, 3.05) is 13.2 Å². The summed E-state index contributed by atoms with van der Waals surface area (Å²) in [4.78, 5) is 38.3. The summed E-state index contributed by atoms with van der Waals surface area (Å²) in [6.07, 6.45) is 83.0. The smallest absolute Gasteiger partial charge is 0.306 e. The van der Waals surface area contributed by atoms with Gasteiger partial charge < -0.3 is 14.2 Å². The van der Waals surface area contributed by atoms with Crippen molar-refractivity contribution in [3.8, 4) is 0 Å². The zero-order valence-electron chi connectivity index (χ0n) is 49.6. The first-order valence-corrected chi connectivity index (χ1v) is 32.1. The second-order valence-electron chi connectivity index (χ2n) is 21.3. The number of carbonyl (C=O) groups excluding carboxylic acids is 3. The summed E-state index contributed by atoms with van der Waals surface area (Å²) in [5.41, 5.74) is 0. The monoisotopic (exact) mass is 1040 g/mol. The highest BCUT2D eigenvalue weighted by atomic mass is 16.6. The Morgan fingerprint density at radius 2 is 0.520 bits per heavy atom. The molecule has 1 atom stereocenters. The molecule has 0 heterocycles. The highest BCUT2D eigenvalue weighted by Crippen LogP contribution is 2.17. The van der Waals surface area contributed by atoms with Crippen LogP contribution < -0.4 is 0 Å². The predicted octanol–water partition coefficient (Wildman–Crippen LogP) is 21.9. The second-order valence-corrected chi connectivity index (χ2v) is 21.3. The van der Waals surface area contributed by atoms with E-state index in [9.17, 15) is 14.4 Å². The summed E-state index contributed by atoms with van der Waals surface area (Å²) in [7, 11) is 0. The SMILES string of the molecule is CC/C=C\C/C=C\C/C=C\C/C=C\C/C=C\C/C=C\CCCCC(=O)OCC(COC(=O)CCCCCCCCCCCCCCCCCCCC)OC(=O)CCCCCCCCC/C=C\CCCCCCCCC. The van der Waals surface area contributed by atoms with Gasteiger partial charge in [-0.1, -0.05) is 286 Å². The van der Waals surface area contributed by atoms with Crippen molar-refractivity contribution >= 4 is 17.9 Å². The van der Waals surface area contributed by atoms with Crippen LogP contribution in [0, 0.1) is 0 Å². The third-order valence-electron chi connectivity index (χ3n) is 13.9. The van der Waals surface area contributed by atoms with Gasteiger partial charge in [-0.15, -0.1) is 0 Å². The van der Waals surface area contributed by atoms with Crippen molar-refractivity contribution in [2.45, 2.75) is 322 Å². The van der Waals surface area contributed by atoms with Crippen molar-refractivity contribution in [1.29, 1.82) is 0 Å². The molecule has 0 radical (unpaired) electrons. The molecule has 0 saturated heterocycles. The fourth-order valence-electron chi connectivity index (χ4n) is 9.09. The molecule has 0 aromatic rings. The van der Waals surface area contributed by atoms with Gasteiger partial charge in [0.05, 0.1) is 0 Å². The summed E-state index contributed by atoms with van der Waals surface area (Å²) in [6, 6.07) is 0. The van der Waals surface area contributed by atoms with Gasteiger partial charge in [-0.25, -0.2) is 0 Å². The lowest BCUT2D eigenvalue weighted by molar-refractivity contribution is -0.167. The van der Waals surface area contributed by atoms with Crippen molar-refractivity contribution in [3.05, 3.63) is 85.1 Å². The van der Waals surface area contributed by atoms with E-state index in [1.165, 1.54) is 180 Å². The number of ether oxygens (including phenoxy) is 3. The maximum absolute atomic E-state index is 12.9. The first-order valence-electron chi connectivity index (χ1n) is 32.1. The quantitative estimate of drug-likeness (QED) is 0.0261. The molecule has 1 unspecified atom stereocenters. The third-order valence-corrected chi connectivity index (χ3v) is 13.9. The fourth-order valence-corrected chi connectivity index (χ4v) is 9.09. The van der Waals surface area contributed by atoms with Gasteiger partial charge in [-0.3, -0.25) is 14.4 Å². The number of carbonyl (C=O) groups is 3. The summed E-state index contributed by atoms with van der Waals surface area (Å²) in [5, 5.41) is 0. The van der Waals surface area contributed by atoms with Crippen LogP contribution in [0.4, 0.5) is 0 Å². The molecule has 0 amide bonds. The van der Waals surface area contributed by atoms with Gasteiger partial charge in [0.25, 0.3) is 0 Å². The number of hydrogen-bond donors (Lipinski definition) is 0. The lowest BCUT2D eigenvalue weighted by atomic mass is 10.0. The zero-order chi connectivity index (χ0) is 54.3. The van der Waals surface area contributed by atoms with Gasteiger partial charge in [-0.2, -0.15) is 0 Å². The van der Waals surface area contributed by atoms with Crippen molar-refractivity contribution < 1.29 is 28.6 Å². The zero-order valence-corrected chi connectivity index (χ0v) is 49.6. The van der Waals surface area contributed by atoms with Crippen LogP contribution in [0.3, 0.4) is 0 Å². The molecular formula is C69H120O6. The molecule has 0 bridgehead atoms. The lowest BCUT2D eigenvalue weighted by Gasteiger charge is -2.18. The number of allylic oxidation sites excluding steroid dienone is 14. The molecule has 0 aliphatic rings. The Kier molecular flexibility index (Phi) is 60.3. The molecule has 75 heavy (non-hydrogen) atoms. The molecule has 0 spiro atoms. The molecule has 0 N–H and O–H groups in total. The number of hydrogen-bond acceptors (Lipinski definition) is 6. The molecule has 0 aliphatic carbocycles. The second kappa shape index (κ2) is 63.1. The van der Waals surface area contributed by atoms with Crippen LogP contribution in [0.5, 0.6) is 0 Å². The van der Waals surface area contributed by atoms with Crippen molar-refractivity contribution in [2.24, 2.45) is 0 Å². The summed E-state index contributed by atoms with van der Waals surface area (Å²) in [6.45, 7) is 6.53. The van der Waals surface area contributed by atoms with Gasteiger partial charge in [-0.05, 0) is 96.3 Å². The molecule has 432 valence electrons. The van der Waals surface area contributed by atoms with Crippen LogP contribution in [0.2, 0.25) is 0 Å². The van der Waals surface area contributed by atoms with Crippen molar-refractivity contribution in [1.82, 2.24) is 0 Å². The van der Waals surface area contributed by atoms with E-state index in [1.807, 2.05) is 0 Å². The van der Waals surface area contributed by atoms with Crippen LogP contribution in [0.15, 0.2) is 85.1 Å². The highest BCUT2D eigenvalue weighted by molar-refractivity contribution is 5.71. The van der Waals surface area contributed by atoms with E-state index in [-0.39, 0.29) is 31.1 Å².